The summed E-state index contributed by atoms with van der Waals surface area (Å²) in [4.78, 5) is 26.6. The molecule has 186 valence electrons. The van der Waals surface area contributed by atoms with E-state index in [1.165, 1.54) is 14.0 Å². The Morgan fingerprint density at radius 3 is 2.18 bits per heavy atom. The maximum absolute atomic E-state index is 13.3. The molecule has 0 aliphatic heterocycles. The van der Waals surface area contributed by atoms with Gasteiger partial charge in [0.1, 0.15) is 12.6 Å². The van der Waals surface area contributed by atoms with Gasteiger partial charge in [-0.05, 0) is 42.8 Å². The molecule has 0 aliphatic rings. The zero-order valence-electron chi connectivity index (χ0n) is 18.4. The van der Waals surface area contributed by atoms with E-state index in [0.29, 0.717) is 21.0 Å². The van der Waals surface area contributed by atoms with Crippen molar-refractivity contribution in [3.63, 3.8) is 0 Å². The third-order valence-corrected chi connectivity index (χ3v) is 6.62. The number of halogens is 5. The van der Waals surface area contributed by atoms with Crippen LogP contribution in [-0.2, 0) is 32.3 Å². The smallest absolute Gasteiger partial charge is 0.357 e. The highest BCUT2D eigenvalue weighted by molar-refractivity contribution is 7.92. The molecule has 0 radical (unpaired) electrons. The molecule has 2 rings (SSSR count). The Morgan fingerprint density at radius 2 is 1.68 bits per heavy atom. The summed E-state index contributed by atoms with van der Waals surface area (Å²) < 4.78 is 65.3. The van der Waals surface area contributed by atoms with E-state index in [-0.39, 0.29) is 6.54 Å². The number of hydrogen-bond acceptors (Lipinski definition) is 4. The lowest BCUT2D eigenvalue weighted by atomic mass is 10.1. The van der Waals surface area contributed by atoms with E-state index < -0.39 is 56.9 Å². The minimum atomic E-state index is -4.84. The third-order valence-electron chi connectivity index (χ3n) is 4.90. The second kappa shape index (κ2) is 10.8. The lowest BCUT2D eigenvalue weighted by molar-refractivity contribution is -0.139. The minimum absolute atomic E-state index is 0.0728. The molecule has 0 heterocycles. The molecule has 2 aromatic rings. The first kappa shape index (κ1) is 27.7. The topological polar surface area (TPSA) is 86.8 Å². The molecule has 0 saturated carbocycles. The molecule has 2 aromatic carbocycles. The van der Waals surface area contributed by atoms with Crippen LogP contribution < -0.4 is 9.62 Å². The number of nitrogens with zero attached hydrogens (tertiary/aromatic N) is 2. The Bertz CT molecular complexity index is 1160. The zero-order chi connectivity index (χ0) is 25.8. The Hall–Kier alpha value is -2.50. The van der Waals surface area contributed by atoms with Crippen molar-refractivity contribution in [3.8, 4) is 0 Å². The minimum Gasteiger partial charge on any atom is -0.357 e. The Kier molecular flexibility index (Phi) is 8.84. The van der Waals surface area contributed by atoms with E-state index in [1.54, 1.807) is 24.3 Å². The second-order valence-corrected chi connectivity index (χ2v) is 10.1. The quantitative estimate of drug-likeness (QED) is 0.550. The van der Waals surface area contributed by atoms with Crippen LogP contribution in [0.1, 0.15) is 18.1 Å². The predicted molar refractivity (Wildman–Crippen MR) is 124 cm³/mol. The van der Waals surface area contributed by atoms with E-state index in [2.05, 4.69) is 5.32 Å². The van der Waals surface area contributed by atoms with E-state index in [1.807, 2.05) is 0 Å². The molecular formula is C21H22Cl2F3N3O4S. The molecule has 7 nitrogen and oxygen atoms in total. The maximum atomic E-state index is 13.3. The van der Waals surface area contributed by atoms with Crippen LogP contribution in [0.25, 0.3) is 0 Å². The average molecular weight is 540 g/mol. The normalized spacial score (nSPS) is 12.7. The molecule has 2 amide bonds. The summed E-state index contributed by atoms with van der Waals surface area (Å²) >= 11 is 11.5. The first-order chi connectivity index (χ1) is 15.6. The number of amides is 2. The molecule has 0 aromatic heterocycles. The molecule has 0 aliphatic carbocycles. The molecule has 34 heavy (non-hydrogen) atoms. The molecule has 0 spiro atoms. The number of hydrogen-bond donors (Lipinski definition) is 1. The summed E-state index contributed by atoms with van der Waals surface area (Å²) in [7, 11) is -2.82. The van der Waals surface area contributed by atoms with Gasteiger partial charge in [0.25, 0.3) is 0 Å². The molecule has 0 unspecified atom stereocenters. The van der Waals surface area contributed by atoms with Gasteiger partial charge in [0.05, 0.1) is 22.5 Å². The number of alkyl halides is 3. The van der Waals surface area contributed by atoms with Crippen molar-refractivity contribution in [2.45, 2.75) is 25.7 Å². The number of anilines is 1. The number of carbonyl (C=O) groups excluding carboxylic acids is 2. The van der Waals surface area contributed by atoms with E-state index in [4.69, 9.17) is 23.2 Å². The van der Waals surface area contributed by atoms with Crippen molar-refractivity contribution < 1.29 is 31.2 Å². The van der Waals surface area contributed by atoms with Crippen LogP contribution in [-0.4, -0.2) is 51.0 Å². The summed E-state index contributed by atoms with van der Waals surface area (Å²) in [6.45, 7) is 0.533. The molecule has 1 N–H and O–H groups in total. The van der Waals surface area contributed by atoms with Crippen LogP contribution >= 0.6 is 23.2 Å². The largest absolute Gasteiger partial charge is 0.417 e. The van der Waals surface area contributed by atoms with Crippen molar-refractivity contribution in [1.29, 1.82) is 0 Å². The maximum Gasteiger partial charge on any atom is 0.417 e. The van der Waals surface area contributed by atoms with Crippen LogP contribution in [0, 0.1) is 0 Å². The Labute approximate surface area is 205 Å². The predicted octanol–water partition coefficient (Wildman–Crippen LogP) is 3.94. The summed E-state index contributed by atoms with van der Waals surface area (Å²) in [5, 5.41) is 2.25. The molecule has 1 atom stereocenters. The third kappa shape index (κ3) is 7.00. The van der Waals surface area contributed by atoms with Crippen LogP contribution in [0.15, 0.2) is 42.5 Å². The summed E-state index contributed by atoms with van der Waals surface area (Å²) in [6.07, 6.45) is -4.08. The van der Waals surface area contributed by atoms with Crippen molar-refractivity contribution in [2.75, 3.05) is 24.2 Å². The molecule has 0 saturated heterocycles. The van der Waals surface area contributed by atoms with Crippen molar-refractivity contribution in [1.82, 2.24) is 10.2 Å². The fourth-order valence-corrected chi connectivity index (χ4v) is 4.27. The van der Waals surface area contributed by atoms with Crippen LogP contribution in [0.4, 0.5) is 18.9 Å². The number of rotatable bonds is 8. The molecule has 0 fully saturated rings. The van der Waals surface area contributed by atoms with Gasteiger partial charge in [0.15, 0.2) is 0 Å². The lowest BCUT2D eigenvalue weighted by Crippen LogP contribution is -2.50. The summed E-state index contributed by atoms with van der Waals surface area (Å²) in [6, 6.07) is 7.94. The van der Waals surface area contributed by atoms with Gasteiger partial charge in [0.2, 0.25) is 21.8 Å². The summed E-state index contributed by atoms with van der Waals surface area (Å²) in [5.41, 5.74) is -1.04. The number of carbonyl (C=O) groups is 2. The van der Waals surface area contributed by atoms with E-state index in [9.17, 15) is 31.2 Å². The molecular weight excluding hydrogens is 518 g/mol. The van der Waals surface area contributed by atoms with Crippen molar-refractivity contribution >= 4 is 50.7 Å². The zero-order valence-corrected chi connectivity index (χ0v) is 20.7. The Morgan fingerprint density at radius 1 is 1.09 bits per heavy atom. The fourth-order valence-electron chi connectivity index (χ4n) is 3.08. The van der Waals surface area contributed by atoms with Crippen LogP contribution in [0.3, 0.4) is 0 Å². The Balaban J connectivity index is 2.46. The van der Waals surface area contributed by atoms with Gasteiger partial charge in [-0.2, -0.15) is 13.2 Å². The van der Waals surface area contributed by atoms with Crippen molar-refractivity contribution in [2.24, 2.45) is 0 Å². The standard InChI is InChI=1S/C21H22Cl2F3N3O4S/c1-13(20(31)27-2)28(11-14-4-6-15(22)7-5-14)19(30)12-29(34(3,32)33)16-8-9-18(23)17(10-16)21(24,25)26/h4-10,13H,11-12H2,1-3H3,(H,27,31)/t13-/m1/s1. The SMILES string of the molecule is CNC(=O)[C@@H](C)N(Cc1ccc(Cl)cc1)C(=O)CN(c1ccc(Cl)c(C(F)(F)F)c1)S(C)(=O)=O. The highest BCUT2D eigenvalue weighted by atomic mass is 35.5. The van der Waals surface area contributed by atoms with Gasteiger partial charge in [-0.25, -0.2) is 8.42 Å². The number of nitrogens with one attached hydrogen (secondary N) is 1. The van der Waals surface area contributed by atoms with Gasteiger partial charge in [-0.15, -0.1) is 0 Å². The lowest BCUT2D eigenvalue weighted by Gasteiger charge is -2.31. The van der Waals surface area contributed by atoms with Crippen molar-refractivity contribution in [3.05, 3.63) is 63.6 Å². The van der Waals surface area contributed by atoms with Gasteiger partial charge >= 0.3 is 6.18 Å². The van der Waals surface area contributed by atoms with Gasteiger partial charge in [-0.3, -0.25) is 13.9 Å². The second-order valence-electron chi connectivity index (χ2n) is 7.37. The van der Waals surface area contributed by atoms with Gasteiger partial charge in [-0.1, -0.05) is 35.3 Å². The summed E-state index contributed by atoms with van der Waals surface area (Å²) in [5.74, 6) is -1.32. The van der Waals surface area contributed by atoms with Crippen LogP contribution in [0.2, 0.25) is 10.0 Å². The van der Waals surface area contributed by atoms with Gasteiger partial charge in [0, 0.05) is 18.6 Å². The highest BCUT2D eigenvalue weighted by Crippen LogP contribution is 2.37. The average Bonchev–Trinajstić information content (AvgIpc) is 2.74. The van der Waals surface area contributed by atoms with E-state index in [0.717, 1.165) is 23.3 Å². The number of likely N-dealkylation sites (N-methyl/N-ethyl adjacent to an activating group) is 1. The monoisotopic (exact) mass is 539 g/mol. The van der Waals surface area contributed by atoms with Crippen LogP contribution in [0.5, 0.6) is 0 Å². The fraction of sp³-hybridized carbons (Fsp3) is 0.333. The molecule has 0 bridgehead atoms. The first-order valence-corrected chi connectivity index (χ1v) is 12.4. The molecule has 13 heteroatoms. The van der Waals surface area contributed by atoms with Gasteiger partial charge < -0.3 is 10.2 Å². The number of benzene rings is 2. The first-order valence-electron chi connectivity index (χ1n) is 9.75. The van der Waals surface area contributed by atoms with E-state index >= 15 is 0 Å². The number of sulfonamides is 1. The highest BCUT2D eigenvalue weighted by Gasteiger charge is 2.35.